The topological polar surface area (TPSA) is 57.7 Å². The molecule has 1 amide bonds. The average molecular weight is 381 g/mol. The zero-order valence-corrected chi connectivity index (χ0v) is 15.9. The molecule has 0 atom stereocenters. The molecular formula is C15H22Cl2N2O3S. The minimum atomic E-state index is -3.52. The highest BCUT2D eigenvalue weighted by molar-refractivity contribution is 7.92. The van der Waals surface area contributed by atoms with Crippen LogP contribution < -0.4 is 4.31 Å². The fourth-order valence-electron chi connectivity index (χ4n) is 2.25. The van der Waals surface area contributed by atoms with E-state index in [0.29, 0.717) is 35.2 Å². The van der Waals surface area contributed by atoms with Crippen LogP contribution in [0.1, 0.15) is 26.7 Å². The SMILES string of the molecule is CCN(CC)C(=O)CCCN(c1cc(Cl)ccc1Cl)S(C)(=O)=O. The van der Waals surface area contributed by atoms with Crippen molar-refractivity contribution in [2.75, 3.05) is 30.2 Å². The van der Waals surface area contributed by atoms with Gasteiger partial charge in [0.1, 0.15) is 0 Å². The minimum absolute atomic E-state index is 0.0145. The van der Waals surface area contributed by atoms with Gasteiger partial charge in [-0.3, -0.25) is 9.10 Å². The second-order valence-electron chi connectivity index (χ2n) is 5.10. The predicted octanol–water partition coefficient (Wildman–Crippen LogP) is 3.41. The Morgan fingerprint density at radius 2 is 1.78 bits per heavy atom. The Kier molecular flexibility index (Phi) is 7.64. The maximum absolute atomic E-state index is 12.0. The zero-order chi connectivity index (χ0) is 17.6. The summed E-state index contributed by atoms with van der Waals surface area (Å²) < 4.78 is 25.3. The number of nitrogens with zero attached hydrogens (tertiary/aromatic N) is 2. The van der Waals surface area contributed by atoms with Gasteiger partial charge in [0.25, 0.3) is 0 Å². The van der Waals surface area contributed by atoms with Gasteiger partial charge < -0.3 is 4.90 Å². The molecule has 0 saturated heterocycles. The molecule has 0 unspecified atom stereocenters. The summed E-state index contributed by atoms with van der Waals surface area (Å²) in [6.45, 7) is 5.29. The largest absolute Gasteiger partial charge is 0.343 e. The Hall–Kier alpha value is -0.980. The smallest absolute Gasteiger partial charge is 0.232 e. The number of rotatable bonds is 8. The van der Waals surface area contributed by atoms with Gasteiger partial charge in [0.15, 0.2) is 0 Å². The third-order valence-corrected chi connectivity index (χ3v) is 5.18. The fraction of sp³-hybridized carbons (Fsp3) is 0.533. The van der Waals surface area contributed by atoms with Crippen LogP contribution in [0.4, 0.5) is 5.69 Å². The third-order valence-electron chi connectivity index (χ3n) is 3.45. The fourth-order valence-corrected chi connectivity index (χ4v) is 3.66. The zero-order valence-electron chi connectivity index (χ0n) is 13.6. The monoisotopic (exact) mass is 380 g/mol. The molecule has 0 aliphatic rings. The van der Waals surface area contributed by atoms with Crippen LogP contribution >= 0.6 is 23.2 Å². The quantitative estimate of drug-likeness (QED) is 0.694. The van der Waals surface area contributed by atoms with Crippen molar-refractivity contribution in [3.8, 4) is 0 Å². The van der Waals surface area contributed by atoms with E-state index in [9.17, 15) is 13.2 Å². The predicted molar refractivity (Wildman–Crippen MR) is 95.8 cm³/mol. The first-order valence-electron chi connectivity index (χ1n) is 7.41. The lowest BCUT2D eigenvalue weighted by atomic mass is 10.2. The molecule has 0 N–H and O–H groups in total. The van der Waals surface area contributed by atoms with Gasteiger partial charge in [-0.15, -0.1) is 0 Å². The maximum atomic E-state index is 12.0. The van der Waals surface area contributed by atoms with Gasteiger partial charge in [-0.2, -0.15) is 0 Å². The summed E-state index contributed by atoms with van der Waals surface area (Å²) in [5, 5.41) is 0.701. The lowest BCUT2D eigenvalue weighted by molar-refractivity contribution is -0.130. The maximum Gasteiger partial charge on any atom is 0.232 e. The van der Waals surface area contributed by atoms with Crippen LogP contribution in [-0.2, 0) is 14.8 Å². The molecule has 0 saturated carbocycles. The molecule has 0 bridgehead atoms. The van der Waals surface area contributed by atoms with Crippen molar-refractivity contribution in [1.82, 2.24) is 4.90 Å². The molecule has 23 heavy (non-hydrogen) atoms. The molecule has 0 aliphatic heterocycles. The van der Waals surface area contributed by atoms with Gasteiger partial charge in [0.2, 0.25) is 15.9 Å². The van der Waals surface area contributed by atoms with Gasteiger partial charge in [-0.05, 0) is 38.5 Å². The van der Waals surface area contributed by atoms with E-state index < -0.39 is 10.0 Å². The van der Waals surface area contributed by atoms with Crippen LogP contribution in [0.25, 0.3) is 0 Å². The van der Waals surface area contributed by atoms with E-state index in [4.69, 9.17) is 23.2 Å². The Morgan fingerprint density at radius 3 is 2.30 bits per heavy atom. The molecular weight excluding hydrogens is 359 g/mol. The molecule has 0 spiro atoms. The van der Waals surface area contributed by atoms with E-state index in [1.54, 1.807) is 17.0 Å². The molecule has 8 heteroatoms. The number of hydrogen-bond donors (Lipinski definition) is 0. The van der Waals surface area contributed by atoms with Gasteiger partial charge in [-0.25, -0.2) is 8.42 Å². The third kappa shape index (κ3) is 5.86. The van der Waals surface area contributed by atoms with Crippen molar-refractivity contribution in [1.29, 1.82) is 0 Å². The molecule has 130 valence electrons. The lowest BCUT2D eigenvalue weighted by Crippen LogP contribution is -2.34. The second kappa shape index (κ2) is 8.76. The summed E-state index contributed by atoms with van der Waals surface area (Å²) >= 11 is 12.0. The average Bonchev–Trinajstić information content (AvgIpc) is 2.46. The first-order chi connectivity index (χ1) is 10.7. The summed E-state index contributed by atoms with van der Waals surface area (Å²) in [6.07, 6.45) is 1.80. The first kappa shape index (κ1) is 20.1. The van der Waals surface area contributed by atoms with Crippen LogP contribution in [0.3, 0.4) is 0 Å². The highest BCUT2D eigenvalue weighted by Crippen LogP contribution is 2.30. The van der Waals surface area contributed by atoms with E-state index in [1.807, 2.05) is 13.8 Å². The number of anilines is 1. The number of sulfonamides is 1. The van der Waals surface area contributed by atoms with E-state index in [1.165, 1.54) is 10.4 Å². The van der Waals surface area contributed by atoms with Crippen molar-refractivity contribution < 1.29 is 13.2 Å². The molecule has 1 rings (SSSR count). The van der Waals surface area contributed by atoms with Crippen molar-refractivity contribution in [3.05, 3.63) is 28.2 Å². The van der Waals surface area contributed by atoms with Gasteiger partial charge >= 0.3 is 0 Å². The van der Waals surface area contributed by atoms with E-state index in [-0.39, 0.29) is 18.9 Å². The standard InChI is InChI=1S/C15H22Cl2N2O3S/c1-4-18(5-2)15(20)7-6-10-19(23(3,21)22)14-11-12(16)8-9-13(14)17/h8-9,11H,4-7,10H2,1-3H3. The lowest BCUT2D eigenvalue weighted by Gasteiger charge is -2.24. The van der Waals surface area contributed by atoms with E-state index in [2.05, 4.69) is 0 Å². The van der Waals surface area contributed by atoms with Crippen LogP contribution in [0.2, 0.25) is 10.0 Å². The number of benzene rings is 1. The molecule has 0 fully saturated rings. The second-order valence-corrected chi connectivity index (χ2v) is 7.85. The number of carbonyl (C=O) groups excluding carboxylic acids is 1. The summed E-state index contributed by atoms with van der Waals surface area (Å²) in [5.41, 5.74) is 0.331. The molecule has 1 aromatic carbocycles. The Balaban J connectivity index is 2.86. The Morgan fingerprint density at radius 1 is 1.17 bits per heavy atom. The Labute approximate surface area is 148 Å². The molecule has 0 aromatic heterocycles. The normalized spacial score (nSPS) is 11.3. The van der Waals surface area contributed by atoms with Crippen molar-refractivity contribution >= 4 is 44.8 Å². The minimum Gasteiger partial charge on any atom is -0.343 e. The summed E-state index contributed by atoms with van der Waals surface area (Å²) in [4.78, 5) is 13.7. The van der Waals surface area contributed by atoms with Crippen LogP contribution in [0.5, 0.6) is 0 Å². The van der Waals surface area contributed by atoms with Crippen molar-refractivity contribution in [2.45, 2.75) is 26.7 Å². The summed E-state index contributed by atoms with van der Waals surface area (Å²) in [5.74, 6) is 0.0145. The van der Waals surface area contributed by atoms with Crippen LogP contribution in [0, 0.1) is 0 Å². The van der Waals surface area contributed by atoms with E-state index in [0.717, 1.165) is 6.26 Å². The molecule has 0 heterocycles. The molecule has 0 aliphatic carbocycles. The molecule has 0 radical (unpaired) electrons. The number of hydrogen-bond acceptors (Lipinski definition) is 3. The summed E-state index contributed by atoms with van der Waals surface area (Å²) in [6, 6.07) is 4.66. The van der Waals surface area contributed by atoms with E-state index >= 15 is 0 Å². The molecule has 1 aromatic rings. The summed E-state index contributed by atoms with van der Waals surface area (Å²) in [7, 11) is -3.52. The highest BCUT2D eigenvalue weighted by atomic mass is 35.5. The first-order valence-corrected chi connectivity index (χ1v) is 10.0. The van der Waals surface area contributed by atoms with Gasteiger partial charge in [-0.1, -0.05) is 23.2 Å². The number of amides is 1. The Bertz CT molecular complexity index is 646. The van der Waals surface area contributed by atoms with Crippen molar-refractivity contribution in [2.24, 2.45) is 0 Å². The van der Waals surface area contributed by atoms with Crippen LogP contribution in [0.15, 0.2) is 18.2 Å². The number of carbonyl (C=O) groups is 1. The van der Waals surface area contributed by atoms with Crippen molar-refractivity contribution in [3.63, 3.8) is 0 Å². The van der Waals surface area contributed by atoms with Gasteiger partial charge in [0, 0.05) is 31.1 Å². The van der Waals surface area contributed by atoms with Crippen LogP contribution in [-0.4, -0.2) is 45.1 Å². The number of halogens is 2. The molecule has 5 nitrogen and oxygen atoms in total. The highest BCUT2D eigenvalue weighted by Gasteiger charge is 2.21. The van der Waals surface area contributed by atoms with Gasteiger partial charge in [0.05, 0.1) is 17.0 Å².